The van der Waals surface area contributed by atoms with E-state index in [0.29, 0.717) is 17.6 Å². The van der Waals surface area contributed by atoms with Gasteiger partial charge in [-0.3, -0.25) is 4.79 Å². The van der Waals surface area contributed by atoms with Gasteiger partial charge < -0.3 is 0 Å². The Morgan fingerprint density at radius 2 is 1.68 bits per heavy atom. The first-order valence-corrected chi connectivity index (χ1v) is 9.51. The fourth-order valence-electron chi connectivity index (χ4n) is 5.02. The number of allylic oxidation sites excluding steroid dienone is 1. The fourth-order valence-corrected chi connectivity index (χ4v) is 5.02. The first kappa shape index (κ1) is 16.3. The van der Waals surface area contributed by atoms with Gasteiger partial charge in [0.05, 0.1) is 0 Å². The summed E-state index contributed by atoms with van der Waals surface area (Å²) in [6, 6.07) is 21.1. The lowest BCUT2D eigenvalue weighted by Gasteiger charge is -2.50. The van der Waals surface area contributed by atoms with Gasteiger partial charge in [-0.1, -0.05) is 86.2 Å². The van der Waals surface area contributed by atoms with Crippen molar-refractivity contribution in [3.63, 3.8) is 0 Å². The zero-order valence-electron chi connectivity index (χ0n) is 14.9. The molecule has 0 saturated heterocycles. The molecule has 0 spiro atoms. The molecule has 1 nitrogen and oxygen atoms in total. The molecular formula is C24H26O. The Morgan fingerprint density at radius 3 is 2.40 bits per heavy atom. The SMILES string of the molecule is CC12CCCC(C1=O)C(C=Cc1ccccc1)CC2c1ccccc1. The van der Waals surface area contributed by atoms with Crippen molar-refractivity contribution in [1.29, 1.82) is 0 Å². The van der Waals surface area contributed by atoms with Gasteiger partial charge in [0.15, 0.2) is 0 Å². The quantitative estimate of drug-likeness (QED) is 0.687. The van der Waals surface area contributed by atoms with E-state index in [1.54, 1.807) is 0 Å². The predicted molar refractivity (Wildman–Crippen MR) is 103 cm³/mol. The van der Waals surface area contributed by atoms with Gasteiger partial charge in [-0.15, -0.1) is 0 Å². The van der Waals surface area contributed by atoms with Gasteiger partial charge in [-0.25, -0.2) is 0 Å². The Labute approximate surface area is 150 Å². The molecule has 0 amide bonds. The van der Waals surface area contributed by atoms with Crippen LogP contribution in [0.15, 0.2) is 66.7 Å². The lowest BCUT2D eigenvalue weighted by molar-refractivity contribution is -0.143. The topological polar surface area (TPSA) is 17.1 Å². The van der Waals surface area contributed by atoms with E-state index in [0.717, 1.165) is 19.3 Å². The number of ketones is 1. The second kappa shape index (κ2) is 6.63. The Balaban J connectivity index is 1.67. The molecule has 2 fully saturated rings. The number of hydrogen-bond acceptors (Lipinski definition) is 1. The molecule has 2 aromatic rings. The second-order valence-corrected chi connectivity index (χ2v) is 7.91. The number of hydrogen-bond donors (Lipinski definition) is 0. The smallest absolute Gasteiger partial charge is 0.143 e. The molecule has 2 aromatic carbocycles. The van der Waals surface area contributed by atoms with Gasteiger partial charge in [-0.2, -0.15) is 0 Å². The summed E-state index contributed by atoms with van der Waals surface area (Å²) in [6.45, 7) is 2.22. The van der Waals surface area contributed by atoms with Crippen LogP contribution >= 0.6 is 0 Å². The standard InChI is InChI=1S/C24H26O/c1-24-16-8-13-21(23(24)25)20(15-14-18-9-4-2-5-10-18)17-22(24)19-11-6-3-7-12-19/h2-7,9-12,14-15,20-22H,8,13,16-17H2,1H3. The van der Waals surface area contributed by atoms with Crippen LogP contribution in [-0.4, -0.2) is 5.78 Å². The van der Waals surface area contributed by atoms with E-state index in [4.69, 9.17) is 0 Å². The maximum atomic E-state index is 13.3. The van der Waals surface area contributed by atoms with E-state index in [2.05, 4.69) is 73.7 Å². The highest BCUT2D eigenvalue weighted by atomic mass is 16.1. The third-order valence-electron chi connectivity index (χ3n) is 6.44. The molecule has 4 atom stereocenters. The van der Waals surface area contributed by atoms with Gasteiger partial charge in [0.25, 0.3) is 0 Å². The van der Waals surface area contributed by atoms with Crippen molar-refractivity contribution in [2.45, 2.75) is 38.5 Å². The number of carbonyl (C=O) groups is 1. The minimum atomic E-state index is -0.179. The number of Topliss-reactive ketones (excluding diaryl/α,β-unsaturated/α-hetero) is 1. The molecule has 2 aliphatic rings. The molecule has 0 aliphatic heterocycles. The monoisotopic (exact) mass is 330 g/mol. The minimum absolute atomic E-state index is 0.179. The Kier molecular flexibility index (Phi) is 4.33. The van der Waals surface area contributed by atoms with Crippen LogP contribution in [0.5, 0.6) is 0 Å². The molecule has 0 radical (unpaired) electrons. The van der Waals surface area contributed by atoms with Crippen LogP contribution in [0.1, 0.15) is 49.7 Å². The van der Waals surface area contributed by atoms with Gasteiger partial charge in [-0.05, 0) is 42.2 Å². The van der Waals surface area contributed by atoms with Gasteiger partial charge >= 0.3 is 0 Å². The van der Waals surface area contributed by atoms with Crippen molar-refractivity contribution in [1.82, 2.24) is 0 Å². The van der Waals surface area contributed by atoms with Gasteiger partial charge in [0, 0.05) is 11.3 Å². The van der Waals surface area contributed by atoms with Crippen LogP contribution < -0.4 is 0 Å². The van der Waals surface area contributed by atoms with Crippen LogP contribution in [0.25, 0.3) is 6.08 Å². The van der Waals surface area contributed by atoms with Crippen LogP contribution in [0.4, 0.5) is 0 Å². The molecule has 0 aromatic heterocycles. The molecule has 2 aliphatic carbocycles. The number of benzene rings is 2. The van der Waals surface area contributed by atoms with Gasteiger partial charge in [0.1, 0.15) is 5.78 Å². The van der Waals surface area contributed by atoms with Crippen LogP contribution in [0.3, 0.4) is 0 Å². The number of rotatable bonds is 3. The number of fused-ring (bicyclic) bond motifs is 2. The zero-order valence-corrected chi connectivity index (χ0v) is 14.9. The first-order chi connectivity index (χ1) is 12.2. The Bertz CT molecular complexity index is 761. The normalized spacial score (nSPS) is 32.0. The van der Waals surface area contributed by atoms with Crippen molar-refractivity contribution >= 4 is 11.9 Å². The molecule has 2 bridgehead atoms. The van der Waals surface area contributed by atoms with Crippen molar-refractivity contribution in [2.24, 2.45) is 17.3 Å². The largest absolute Gasteiger partial charge is 0.299 e. The summed E-state index contributed by atoms with van der Waals surface area (Å²) in [6.07, 6.45) is 8.86. The van der Waals surface area contributed by atoms with Crippen LogP contribution in [0, 0.1) is 17.3 Å². The molecule has 2 saturated carbocycles. The van der Waals surface area contributed by atoms with Gasteiger partial charge in [0.2, 0.25) is 0 Å². The maximum Gasteiger partial charge on any atom is 0.143 e. The van der Waals surface area contributed by atoms with Crippen molar-refractivity contribution in [3.8, 4) is 0 Å². The number of carbonyl (C=O) groups excluding carboxylic acids is 1. The van der Waals surface area contributed by atoms with E-state index < -0.39 is 0 Å². The lowest BCUT2D eigenvalue weighted by atomic mass is 9.52. The van der Waals surface area contributed by atoms with Crippen LogP contribution in [0.2, 0.25) is 0 Å². The summed E-state index contributed by atoms with van der Waals surface area (Å²) < 4.78 is 0. The van der Waals surface area contributed by atoms with E-state index >= 15 is 0 Å². The summed E-state index contributed by atoms with van der Waals surface area (Å²) in [5.41, 5.74) is 2.37. The molecule has 128 valence electrons. The third-order valence-corrected chi connectivity index (χ3v) is 6.44. The highest BCUT2D eigenvalue weighted by Gasteiger charge is 2.53. The van der Waals surface area contributed by atoms with E-state index in [1.165, 1.54) is 17.5 Å². The molecule has 0 heterocycles. The average molecular weight is 330 g/mol. The van der Waals surface area contributed by atoms with E-state index in [-0.39, 0.29) is 11.3 Å². The van der Waals surface area contributed by atoms with Crippen LogP contribution in [-0.2, 0) is 4.79 Å². The highest BCUT2D eigenvalue weighted by molar-refractivity contribution is 5.90. The summed E-state index contributed by atoms with van der Waals surface area (Å²) in [4.78, 5) is 13.3. The Morgan fingerprint density at radius 1 is 1.00 bits per heavy atom. The summed E-state index contributed by atoms with van der Waals surface area (Å²) >= 11 is 0. The fraction of sp³-hybridized carbons (Fsp3) is 0.375. The molecule has 1 heteroatoms. The maximum absolute atomic E-state index is 13.3. The molecule has 4 unspecified atom stereocenters. The molecule has 25 heavy (non-hydrogen) atoms. The molecular weight excluding hydrogens is 304 g/mol. The zero-order chi connectivity index (χ0) is 17.3. The summed E-state index contributed by atoms with van der Waals surface area (Å²) in [5, 5.41) is 0. The van der Waals surface area contributed by atoms with E-state index in [9.17, 15) is 4.79 Å². The molecule has 0 N–H and O–H groups in total. The third kappa shape index (κ3) is 2.97. The highest BCUT2D eigenvalue weighted by Crippen LogP contribution is 2.55. The van der Waals surface area contributed by atoms with E-state index in [1.807, 2.05) is 6.07 Å². The first-order valence-electron chi connectivity index (χ1n) is 9.51. The molecule has 4 rings (SSSR count). The summed E-state index contributed by atoms with van der Waals surface area (Å²) in [5.74, 6) is 1.40. The second-order valence-electron chi connectivity index (χ2n) is 7.91. The lowest BCUT2D eigenvalue weighted by Crippen LogP contribution is -2.49. The van der Waals surface area contributed by atoms with Crippen molar-refractivity contribution in [2.75, 3.05) is 0 Å². The Hall–Kier alpha value is -2.15. The van der Waals surface area contributed by atoms with Crippen molar-refractivity contribution in [3.05, 3.63) is 77.9 Å². The average Bonchev–Trinajstić information content (AvgIpc) is 2.65. The summed E-state index contributed by atoms with van der Waals surface area (Å²) in [7, 11) is 0. The predicted octanol–water partition coefficient (Wildman–Crippen LogP) is 5.88. The minimum Gasteiger partial charge on any atom is -0.299 e. The van der Waals surface area contributed by atoms with Crippen molar-refractivity contribution < 1.29 is 4.79 Å².